The van der Waals surface area contributed by atoms with Crippen LogP contribution in [0, 0.1) is 5.41 Å². The third-order valence-electron chi connectivity index (χ3n) is 2.59. The van der Waals surface area contributed by atoms with E-state index in [-0.39, 0.29) is 11.1 Å². The Balaban J connectivity index is 2.94. The Bertz CT molecular complexity index is 592. The number of fused-ring (bicyclic) bond motifs is 1. The van der Waals surface area contributed by atoms with E-state index in [0.717, 1.165) is 4.73 Å². The number of nitrogen functional groups attached to an aromatic ring is 1. The number of nitrogens with zero attached hydrogens (tertiary/aromatic N) is 1. The number of anilines is 1. The Labute approximate surface area is 97.6 Å². The molecule has 1 heterocycles. The fraction of sp³-hybridized carbons (Fsp3) is 0.182. The van der Waals surface area contributed by atoms with Gasteiger partial charge in [-0.1, -0.05) is 0 Å². The molecular formula is C11H13N3O3. The van der Waals surface area contributed by atoms with Crippen LogP contribution in [0.3, 0.4) is 0 Å². The Morgan fingerprint density at radius 2 is 1.88 bits per heavy atom. The molecule has 0 spiro atoms. The number of pyridine rings is 1. The van der Waals surface area contributed by atoms with Crippen molar-refractivity contribution in [3.05, 3.63) is 23.8 Å². The van der Waals surface area contributed by atoms with Crippen molar-refractivity contribution in [2.24, 2.45) is 0 Å². The summed E-state index contributed by atoms with van der Waals surface area (Å²) in [6.45, 7) is 0. The van der Waals surface area contributed by atoms with Crippen LogP contribution in [-0.2, 0) is 0 Å². The average Bonchev–Trinajstić information content (AvgIpc) is 2.33. The summed E-state index contributed by atoms with van der Waals surface area (Å²) in [6.07, 6.45) is 2.83. The van der Waals surface area contributed by atoms with Gasteiger partial charge in [0.2, 0.25) is 0 Å². The second kappa shape index (κ2) is 3.89. The quantitative estimate of drug-likeness (QED) is 0.532. The molecule has 0 unspecified atom stereocenters. The van der Waals surface area contributed by atoms with Gasteiger partial charge in [-0.15, -0.1) is 0 Å². The lowest BCUT2D eigenvalue weighted by molar-refractivity contribution is 0.184. The third-order valence-corrected chi connectivity index (χ3v) is 2.59. The maximum atomic E-state index is 9.36. The summed E-state index contributed by atoms with van der Waals surface area (Å²) in [6, 6.07) is 1.62. The molecule has 0 aromatic carbocycles. The van der Waals surface area contributed by atoms with Crippen LogP contribution in [0.15, 0.2) is 18.5 Å². The summed E-state index contributed by atoms with van der Waals surface area (Å²) in [7, 11) is 2.91. The molecule has 0 saturated heterocycles. The van der Waals surface area contributed by atoms with Gasteiger partial charge in [-0.25, -0.2) is 4.73 Å². The molecule has 2 rings (SSSR count). The summed E-state index contributed by atoms with van der Waals surface area (Å²) in [4.78, 5) is 0. The van der Waals surface area contributed by atoms with Crippen LogP contribution in [0.2, 0.25) is 0 Å². The molecule has 0 amide bonds. The third kappa shape index (κ3) is 1.54. The molecule has 6 heteroatoms. The molecule has 0 fully saturated rings. The number of nitrogens with two attached hydrogens (primary N) is 1. The largest absolute Gasteiger partial charge is 0.491 e. The van der Waals surface area contributed by atoms with Crippen molar-refractivity contribution in [3.63, 3.8) is 0 Å². The molecule has 2 aliphatic rings. The van der Waals surface area contributed by atoms with Crippen LogP contribution in [0.1, 0.15) is 0 Å². The zero-order valence-corrected chi connectivity index (χ0v) is 9.52. The summed E-state index contributed by atoms with van der Waals surface area (Å²) in [5, 5.41) is 17.5. The van der Waals surface area contributed by atoms with E-state index in [1.54, 1.807) is 6.07 Å². The van der Waals surface area contributed by atoms with Crippen molar-refractivity contribution >= 4 is 5.69 Å². The molecule has 0 aromatic heterocycles. The summed E-state index contributed by atoms with van der Waals surface area (Å²) in [5.41, 5.74) is 7.46. The van der Waals surface area contributed by atoms with E-state index in [2.05, 4.69) is 0 Å². The Morgan fingerprint density at radius 3 is 2.47 bits per heavy atom. The molecule has 90 valence electrons. The predicted molar refractivity (Wildman–Crippen MR) is 61.6 cm³/mol. The van der Waals surface area contributed by atoms with Crippen molar-refractivity contribution in [1.29, 1.82) is 5.41 Å². The topological polar surface area (TPSA) is 93.5 Å². The number of aromatic nitrogens is 1. The van der Waals surface area contributed by atoms with Crippen LogP contribution < -0.4 is 20.6 Å². The van der Waals surface area contributed by atoms with Gasteiger partial charge in [-0.2, -0.15) is 0 Å². The predicted octanol–water partition coefficient (Wildman–Crippen LogP) is 0.909. The van der Waals surface area contributed by atoms with Gasteiger partial charge in [0.05, 0.1) is 26.1 Å². The van der Waals surface area contributed by atoms with Gasteiger partial charge in [-0.05, 0) is 6.07 Å². The maximum Gasteiger partial charge on any atom is 0.188 e. The molecule has 6 nitrogen and oxygen atoms in total. The van der Waals surface area contributed by atoms with Gasteiger partial charge in [0.15, 0.2) is 11.5 Å². The minimum atomic E-state index is 0.122. The second-order valence-electron chi connectivity index (χ2n) is 3.51. The van der Waals surface area contributed by atoms with E-state index >= 15 is 0 Å². The molecule has 0 bridgehead atoms. The summed E-state index contributed by atoms with van der Waals surface area (Å²) < 4.78 is 11.1. The average molecular weight is 235 g/mol. The smallest absolute Gasteiger partial charge is 0.188 e. The lowest BCUT2D eigenvalue weighted by Crippen LogP contribution is -2.15. The number of hydrogen-bond acceptors (Lipinski definition) is 5. The van der Waals surface area contributed by atoms with Crippen molar-refractivity contribution in [2.75, 3.05) is 20.0 Å². The number of benzene rings is 1. The molecular weight excluding hydrogens is 222 g/mol. The second-order valence-corrected chi connectivity index (χ2v) is 3.51. The monoisotopic (exact) mass is 235 g/mol. The van der Waals surface area contributed by atoms with Crippen LogP contribution in [-0.4, -0.2) is 24.2 Å². The number of ether oxygens (including phenoxy) is 2. The highest BCUT2D eigenvalue weighted by Gasteiger charge is 2.20. The first-order valence-corrected chi connectivity index (χ1v) is 4.89. The molecule has 0 radical (unpaired) electrons. The Hall–Kier alpha value is -2.37. The van der Waals surface area contributed by atoms with Crippen LogP contribution in [0.4, 0.5) is 5.69 Å². The SMILES string of the molecule is COc1c(N)c2ccn(O)cc-2c(=N)c1OC. The van der Waals surface area contributed by atoms with Crippen molar-refractivity contribution < 1.29 is 14.7 Å². The summed E-state index contributed by atoms with van der Waals surface area (Å²) >= 11 is 0. The molecule has 1 aliphatic heterocycles. The lowest BCUT2D eigenvalue weighted by Gasteiger charge is -2.17. The van der Waals surface area contributed by atoms with Gasteiger partial charge in [0, 0.05) is 17.3 Å². The molecule has 0 atom stereocenters. The zero-order valence-electron chi connectivity index (χ0n) is 9.52. The number of rotatable bonds is 2. The van der Waals surface area contributed by atoms with Gasteiger partial charge >= 0.3 is 0 Å². The molecule has 0 aromatic rings. The zero-order chi connectivity index (χ0) is 12.6. The van der Waals surface area contributed by atoms with Crippen molar-refractivity contribution in [1.82, 2.24) is 4.73 Å². The minimum absolute atomic E-state index is 0.122. The molecule has 17 heavy (non-hydrogen) atoms. The number of nitrogens with one attached hydrogen (secondary N) is 1. The highest BCUT2D eigenvalue weighted by Crippen LogP contribution is 2.38. The highest BCUT2D eigenvalue weighted by atomic mass is 16.5. The fourth-order valence-electron chi connectivity index (χ4n) is 1.80. The summed E-state index contributed by atoms with van der Waals surface area (Å²) in [5.74, 6) is 0.587. The van der Waals surface area contributed by atoms with Crippen LogP contribution >= 0.6 is 0 Å². The Kier molecular flexibility index (Phi) is 2.55. The van der Waals surface area contributed by atoms with Gasteiger partial charge in [0.25, 0.3) is 0 Å². The van der Waals surface area contributed by atoms with Crippen molar-refractivity contribution in [2.45, 2.75) is 0 Å². The van der Waals surface area contributed by atoms with Gasteiger partial charge < -0.3 is 20.4 Å². The molecule has 0 saturated carbocycles. The number of methoxy groups -OCH3 is 2. The van der Waals surface area contributed by atoms with Gasteiger partial charge in [0.1, 0.15) is 5.36 Å². The van der Waals surface area contributed by atoms with Crippen molar-refractivity contribution in [3.8, 4) is 22.6 Å². The standard InChI is InChI=1S/C11H13N3O3/c1-16-10-8(12)6-3-4-14(15)5-7(6)9(13)11(10)17-2/h3-5,13,15H,12H2,1-2H3. The Morgan fingerprint density at radius 1 is 1.24 bits per heavy atom. The molecule has 1 aliphatic carbocycles. The van der Waals surface area contributed by atoms with E-state index in [9.17, 15) is 5.21 Å². The van der Waals surface area contributed by atoms with Crippen LogP contribution in [0.5, 0.6) is 11.5 Å². The highest BCUT2D eigenvalue weighted by molar-refractivity contribution is 5.84. The minimum Gasteiger partial charge on any atom is -0.491 e. The lowest BCUT2D eigenvalue weighted by atomic mass is 10.0. The fourth-order valence-corrected chi connectivity index (χ4v) is 1.80. The van der Waals surface area contributed by atoms with E-state index in [1.165, 1.54) is 26.6 Å². The van der Waals surface area contributed by atoms with E-state index < -0.39 is 0 Å². The van der Waals surface area contributed by atoms with E-state index in [4.69, 9.17) is 20.6 Å². The van der Waals surface area contributed by atoms with E-state index in [1.807, 2.05) is 0 Å². The first-order chi connectivity index (χ1) is 8.10. The molecule has 4 N–H and O–H groups in total. The maximum absolute atomic E-state index is 9.36. The first-order valence-electron chi connectivity index (χ1n) is 4.89. The number of hydrogen-bond donors (Lipinski definition) is 3. The van der Waals surface area contributed by atoms with Gasteiger partial charge in [-0.3, -0.25) is 5.41 Å². The first kappa shape index (κ1) is 11.1. The normalized spacial score (nSPS) is 10.5. The van der Waals surface area contributed by atoms with E-state index in [0.29, 0.717) is 22.6 Å². The van der Waals surface area contributed by atoms with Crippen LogP contribution in [0.25, 0.3) is 11.1 Å².